The van der Waals surface area contributed by atoms with Crippen LogP contribution in [0.3, 0.4) is 0 Å². The molecule has 1 N–H and O–H groups in total. The Balaban J connectivity index is 2.11. The van der Waals surface area contributed by atoms with E-state index in [0.29, 0.717) is 6.54 Å². The number of unbranched alkanes of at least 4 members (excludes halogenated alkanes) is 3. The fourth-order valence-corrected chi connectivity index (χ4v) is 2.57. The van der Waals surface area contributed by atoms with Crippen LogP contribution in [0.5, 0.6) is 5.88 Å². The van der Waals surface area contributed by atoms with Gasteiger partial charge in [-0.15, -0.1) is 0 Å². The van der Waals surface area contributed by atoms with E-state index >= 15 is 0 Å². The fourth-order valence-electron chi connectivity index (χ4n) is 2.57. The standard InChI is InChI=1S/C13H22N2O2/c1-2-3-4-6-10-15-12(16)11-8-5-7-9-14(11)13(15)17/h16H,2-10H2,1H3. The van der Waals surface area contributed by atoms with Crippen LogP contribution in [-0.2, 0) is 19.5 Å². The van der Waals surface area contributed by atoms with Gasteiger partial charge >= 0.3 is 5.69 Å². The van der Waals surface area contributed by atoms with Gasteiger partial charge in [0.05, 0.1) is 5.69 Å². The van der Waals surface area contributed by atoms with Crippen molar-refractivity contribution in [1.82, 2.24) is 9.13 Å². The Morgan fingerprint density at radius 2 is 2.06 bits per heavy atom. The van der Waals surface area contributed by atoms with Gasteiger partial charge in [0.1, 0.15) is 0 Å². The Hall–Kier alpha value is -1.19. The lowest BCUT2D eigenvalue weighted by Gasteiger charge is -2.11. The van der Waals surface area contributed by atoms with Crippen molar-refractivity contribution in [3.63, 3.8) is 0 Å². The molecular formula is C13H22N2O2. The number of nitrogens with zero attached hydrogens (tertiary/aromatic N) is 2. The van der Waals surface area contributed by atoms with Crippen LogP contribution in [0.2, 0.25) is 0 Å². The maximum absolute atomic E-state index is 12.1. The predicted molar refractivity (Wildman–Crippen MR) is 67.4 cm³/mol. The van der Waals surface area contributed by atoms with Gasteiger partial charge in [0.2, 0.25) is 5.88 Å². The Morgan fingerprint density at radius 1 is 1.24 bits per heavy atom. The van der Waals surface area contributed by atoms with Crippen molar-refractivity contribution >= 4 is 0 Å². The van der Waals surface area contributed by atoms with Gasteiger partial charge in [-0.3, -0.25) is 9.13 Å². The van der Waals surface area contributed by atoms with Gasteiger partial charge in [0.15, 0.2) is 0 Å². The molecule has 96 valence electrons. The highest BCUT2D eigenvalue weighted by Crippen LogP contribution is 2.22. The van der Waals surface area contributed by atoms with E-state index in [9.17, 15) is 9.90 Å². The van der Waals surface area contributed by atoms with Crippen molar-refractivity contribution in [3.05, 3.63) is 16.2 Å². The second-order valence-electron chi connectivity index (χ2n) is 4.87. The van der Waals surface area contributed by atoms with Crippen LogP contribution >= 0.6 is 0 Å². The van der Waals surface area contributed by atoms with Crippen molar-refractivity contribution in [3.8, 4) is 5.88 Å². The molecule has 0 atom stereocenters. The molecule has 17 heavy (non-hydrogen) atoms. The van der Waals surface area contributed by atoms with Crippen molar-refractivity contribution in [2.75, 3.05) is 0 Å². The summed E-state index contributed by atoms with van der Waals surface area (Å²) in [5.41, 5.74) is 0.824. The van der Waals surface area contributed by atoms with E-state index in [4.69, 9.17) is 0 Å². The number of aromatic hydroxyl groups is 1. The van der Waals surface area contributed by atoms with Crippen LogP contribution in [0.25, 0.3) is 0 Å². The van der Waals surface area contributed by atoms with Crippen molar-refractivity contribution in [2.24, 2.45) is 0 Å². The summed E-state index contributed by atoms with van der Waals surface area (Å²) in [5.74, 6) is 0.214. The second kappa shape index (κ2) is 5.43. The van der Waals surface area contributed by atoms with Gasteiger partial charge in [-0.1, -0.05) is 26.2 Å². The number of imidazole rings is 1. The van der Waals surface area contributed by atoms with Crippen LogP contribution in [0.15, 0.2) is 4.79 Å². The average Bonchev–Trinajstić information content (AvgIpc) is 2.60. The quantitative estimate of drug-likeness (QED) is 0.800. The van der Waals surface area contributed by atoms with E-state index in [0.717, 1.165) is 44.3 Å². The molecule has 1 aromatic heterocycles. The third-order valence-corrected chi connectivity index (χ3v) is 3.58. The van der Waals surface area contributed by atoms with Crippen LogP contribution in [0.1, 0.15) is 51.1 Å². The molecule has 2 rings (SSSR count). The topological polar surface area (TPSA) is 47.2 Å². The van der Waals surface area contributed by atoms with Gasteiger partial charge in [0.25, 0.3) is 0 Å². The van der Waals surface area contributed by atoms with Gasteiger partial charge in [-0.2, -0.15) is 0 Å². The first-order valence-electron chi connectivity index (χ1n) is 6.77. The summed E-state index contributed by atoms with van der Waals surface area (Å²) in [6.45, 7) is 3.59. The van der Waals surface area contributed by atoms with E-state index in [-0.39, 0.29) is 11.6 Å². The number of fused-ring (bicyclic) bond motifs is 1. The lowest BCUT2D eigenvalue weighted by atomic mass is 10.1. The molecule has 0 aliphatic carbocycles. The summed E-state index contributed by atoms with van der Waals surface area (Å²) in [7, 11) is 0. The average molecular weight is 238 g/mol. The molecular weight excluding hydrogens is 216 g/mol. The fraction of sp³-hybridized carbons (Fsp3) is 0.769. The van der Waals surface area contributed by atoms with E-state index in [1.54, 1.807) is 9.13 Å². The van der Waals surface area contributed by atoms with Crippen molar-refractivity contribution in [1.29, 1.82) is 0 Å². The van der Waals surface area contributed by atoms with E-state index in [2.05, 4.69) is 6.92 Å². The molecule has 0 saturated heterocycles. The molecule has 0 radical (unpaired) electrons. The van der Waals surface area contributed by atoms with Crippen LogP contribution in [0, 0.1) is 0 Å². The molecule has 1 aromatic rings. The van der Waals surface area contributed by atoms with Crippen LogP contribution < -0.4 is 5.69 Å². The number of rotatable bonds is 5. The molecule has 4 nitrogen and oxygen atoms in total. The van der Waals surface area contributed by atoms with Crippen LogP contribution in [-0.4, -0.2) is 14.2 Å². The minimum absolute atomic E-state index is 0.0197. The zero-order chi connectivity index (χ0) is 12.3. The van der Waals surface area contributed by atoms with Crippen LogP contribution in [0.4, 0.5) is 0 Å². The number of hydrogen-bond acceptors (Lipinski definition) is 2. The third-order valence-electron chi connectivity index (χ3n) is 3.58. The lowest BCUT2D eigenvalue weighted by Crippen LogP contribution is -2.26. The molecule has 0 aromatic carbocycles. The molecule has 1 aliphatic rings. The summed E-state index contributed by atoms with van der Waals surface area (Å²) in [5, 5.41) is 10.1. The van der Waals surface area contributed by atoms with Gasteiger partial charge in [0, 0.05) is 13.1 Å². The summed E-state index contributed by atoms with van der Waals surface area (Å²) in [4.78, 5) is 12.1. The third kappa shape index (κ3) is 2.40. The van der Waals surface area contributed by atoms with Gasteiger partial charge < -0.3 is 5.11 Å². The highest BCUT2D eigenvalue weighted by molar-refractivity contribution is 5.21. The molecule has 0 fully saturated rings. The highest BCUT2D eigenvalue weighted by Gasteiger charge is 2.21. The summed E-state index contributed by atoms with van der Waals surface area (Å²) < 4.78 is 3.30. The Labute approximate surface area is 102 Å². The van der Waals surface area contributed by atoms with E-state index in [1.807, 2.05) is 0 Å². The minimum Gasteiger partial charge on any atom is -0.493 e. The largest absolute Gasteiger partial charge is 0.493 e. The number of hydrogen-bond donors (Lipinski definition) is 1. The second-order valence-corrected chi connectivity index (χ2v) is 4.87. The Bertz CT molecular complexity index is 431. The lowest BCUT2D eigenvalue weighted by molar-refractivity contribution is 0.399. The molecule has 0 saturated carbocycles. The summed E-state index contributed by atoms with van der Waals surface area (Å²) >= 11 is 0. The zero-order valence-electron chi connectivity index (χ0n) is 10.6. The predicted octanol–water partition coefficient (Wildman–Crippen LogP) is 2.27. The first-order chi connectivity index (χ1) is 8.25. The molecule has 0 bridgehead atoms. The summed E-state index contributed by atoms with van der Waals surface area (Å²) in [6, 6.07) is 0. The maximum atomic E-state index is 12.1. The van der Waals surface area contributed by atoms with Gasteiger partial charge in [-0.05, 0) is 25.7 Å². The summed E-state index contributed by atoms with van der Waals surface area (Å²) in [6.07, 6.45) is 7.45. The zero-order valence-corrected chi connectivity index (χ0v) is 10.6. The SMILES string of the molecule is CCCCCCn1c(O)c2n(c1=O)CCCC2. The highest BCUT2D eigenvalue weighted by atomic mass is 16.3. The van der Waals surface area contributed by atoms with E-state index in [1.165, 1.54) is 12.8 Å². The maximum Gasteiger partial charge on any atom is 0.331 e. The molecule has 1 aliphatic heterocycles. The molecule has 0 spiro atoms. The first kappa shape index (κ1) is 12.3. The molecule has 0 amide bonds. The monoisotopic (exact) mass is 238 g/mol. The van der Waals surface area contributed by atoms with Crippen molar-refractivity contribution in [2.45, 2.75) is 65.0 Å². The normalized spacial score (nSPS) is 14.9. The minimum atomic E-state index is -0.0197. The molecule has 4 heteroatoms. The molecule has 0 unspecified atom stereocenters. The molecule has 2 heterocycles. The van der Waals surface area contributed by atoms with Gasteiger partial charge in [-0.25, -0.2) is 4.79 Å². The Kier molecular flexibility index (Phi) is 3.92. The smallest absolute Gasteiger partial charge is 0.331 e. The van der Waals surface area contributed by atoms with E-state index < -0.39 is 0 Å². The Morgan fingerprint density at radius 3 is 2.76 bits per heavy atom. The number of aromatic nitrogens is 2. The first-order valence-corrected chi connectivity index (χ1v) is 6.77. The van der Waals surface area contributed by atoms with Crippen molar-refractivity contribution < 1.29 is 5.11 Å².